The maximum absolute atomic E-state index is 12.3. The second-order valence-electron chi connectivity index (χ2n) is 10.5. The van der Waals surface area contributed by atoms with Crippen molar-refractivity contribution in [1.29, 1.82) is 0 Å². The lowest BCUT2D eigenvalue weighted by Crippen LogP contribution is -2.17. The van der Waals surface area contributed by atoms with E-state index in [-0.39, 0.29) is 19.1 Å². The first-order valence-corrected chi connectivity index (χ1v) is 17.9. The van der Waals surface area contributed by atoms with E-state index in [1.54, 1.807) is 10.9 Å². The average molecular weight is 586 g/mol. The van der Waals surface area contributed by atoms with Gasteiger partial charge < -0.3 is 24.5 Å². The van der Waals surface area contributed by atoms with E-state index in [2.05, 4.69) is 33.6 Å². The molecule has 0 aliphatic heterocycles. The summed E-state index contributed by atoms with van der Waals surface area (Å²) in [6.07, 6.45) is 21.8. The van der Waals surface area contributed by atoms with Crippen LogP contribution in [-0.2, 0) is 20.4 Å². The lowest BCUT2D eigenvalue weighted by Gasteiger charge is -2.17. The Hall–Kier alpha value is -1.19. The van der Waals surface area contributed by atoms with E-state index in [9.17, 15) is 9.46 Å². The van der Waals surface area contributed by atoms with Gasteiger partial charge in [0.1, 0.15) is 18.2 Å². The van der Waals surface area contributed by atoms with Crippen molar-refractivity contribution in [1.82, 2.24) is 19.5 Å². The minimum absolute atomic E-state index is 0.278. The van der Waals surface area contributed by atoms with Crippen molar-refractivity contribution in [3.8, 4) is 0 Å². The number of fused-ring (bicyclic) bond motifs is 1. The summed E-state index contributed by atoms with van der Waals surface area (Å²) in [4.78, 5) is 22.4. The zero-order chi connectivity index (χ0) is 28.2. The molecule has 2 aromatic rings. The quantitative estimate of drug-likeness (QED) is 0.0895. The summed E-state index contributed by atoms with van der Waals surface area (Å²) >= 11 is 2.06. The highest BCUT2D eigenvalue weighted by molar-refractivity contribution is 7.99. The molecule has 0 amide bonds. The molecule has 2 aromatic heterocycles. The molecule has 0 fully saturated rings. The van der Waals surface area contributed by atoms with Crippen LogP contribution in [0.15, 0.2) is 12.7 Å². The van der Waals surface area contributed by atoms with Crippen LogP contribution in [0.5, 0.6) is 0 Å². The van der Waals surface area contributed by atoms with Crippen LogP contribution in [0.2, 0.25) is 0 Å². The van der Waals surface area contributed by atoms with Gasteiger partial charge in [-0.05, 0) is 37.7 Å². The number of nitrogens with two attached hydrogens (primary N) is 1. The van der Waals surface area contributed by atoms with Crippen molar-refractivity contribution in [2.45, 2.75) is 123 Å². The molecule has 39 heavy (non-hydrogen) atoms. The molecule has 224 valence electrons. The Morgan fingerprint density at radius 2 is 1.51 bits per heavy atom. The SMILES string of the molecule is CCCCCCCCCCCCCSCCCCCCOP(=O)(O)CO[C@H](C)Cn1cnc2c(N)ncnc21. The van der Waals surface area contributed by atoms with Gasteiger partial charge in [0.25, 0.3) is 0 Å². The Morgan fingerprint density at radius 3 is 2.15 bits per heavy atom. The van der Waals surface area contributed by atoms with Crippen LogP contribution in [0.1, 0.15) is 110 Å². The summed E-state index contributed by atoms with van der Waals surface area (Å²) in [6, 6.07) is 0. The second kappa shape index (κ2) is 20.7. The first-order chi connectivity index (χ1) is 18.9. The molecule has 0 spiro atoms. The monoisotopic (exact) mass is 585 g/mol. The van der Waals surface area contributed by atoms with Crippen LogP contribution in [0.3, 0.4) is 0 Å². The minimum atomic E-state index is -3.78. The highest BCUT2D eigenvalue weighted by atomic mass is 32.2. The molecule has 0 radical (unpaired) electrons. The molecule has 0 aliphatic rings. The van der Waals surface area contributed by atoms with Gasteiger partial charge >= 0.3 is 7.60 Å². The molecule has 2 atom stereocenters. The Morgan fingerprint density at radius 1 is 0.923 bits per heavy atom. The normalized spacial score (nSPS) is 14.1. The van der Waals surface area contributed by atoms with E-state index < -0.39 is 7.60 Å². The number of hydrogen-bond acceptors (Lipinski definition) is 8. The van der Waals surface area contributed by atoms with Gasteiger partial charge in [-0.15, -0.1) is 0 Å². The topological polar surface area (TPSA) is 125 Å². The molecule has 2 rings (SSSR count). The summed E-state index contributed by atoms with van der Waals surface area (Å²) in [5.74, 6) is 2.79. The predicted octanol–water partition coefficient (Wildman–Crippen LogP) is 7.58. The van der Waals surface area contributed by atoms with Crippen molar-refractivity contribution >= 4 is 36.3 Å². The highest BCUT2D eigenvalue weighted by Gasteiger charge is 2.21. The Labute approximate surface area is 240 Å². The van der Waals surface area contributed by atoms with E-state index in [1.165, 1.54) is 94.9 Å². The number of rotatable bonds is 25. The number of hydrogen-bond donors (Lipinski definition) is 2. The van der Waals surface area contributed by atoms with Crippen molar-refractivity contribution in [3.63, 3.8) is 0 Å². The fraction of sp³-hybridized carbons (Fsp3) is 0.821. The Kier molecular flexibility index (Phi) is 18.0. The molecular weight excluding hydrogens is 533 g/mol. The third kappa shape index (κ3) is 15.4. The van der Waals surface area contributed by atoms with Crippen LogP contribution in [0.4, 0.5) is 5.82 Å². The van der Waals surface area contributed by atoms with Gasteiger partial charge in [0.2, 0.25) is 0 Å². The smallest absolute Gasteiger partial charge is 0.353 e. The zero-order valence-corrected chi connectivity index (χ0v) is 26.0. The number of thioether (sulfide) groups is 1. The van der Waals surface area contributed by atoms with E-state index in [4.69, 9.17) is 15.0 Å². The van der Waals surface area contributed by atoms with Crippen molar-refractivity contribution in [2.24, 2.45) is 0 Å². The Balaban J connectivity index is 1.38. The number of ether oxygens (including phenoxy) is 1. The van der Waals surface area contributed by atoms with Gasteiger partial charge in [0, 0.05) is 0 Å². The predicted molar refractivity (Wildman–Crippen MR) is 163 cm³/mol. The Bertz CT molecular complexity index is 948. The van der Waals surface area contributed by atoms with Crippen LogP contribution in [0, 0.1) is 0 Å². The van der Waals surface area contributed by atoms with Gasteiger partial charge in [-0.1, -0.05) is 84.0 Å². The maximum Gasteiger partial charge on any atom is 0.353 e. The number of nitrogens with zero attached hydrogens (tertiary/aromatic N) is 4. The molecule has 0 aromatic carbocycles. The third-order valence-corrected chi connectivity index (χ3v) is 8.99. The minimum Gasteiger partial charge on any atom is -0.382 e. The van der Waals surface area contributed by atoms with E-state index in [0.717, 1.165) is 19.3 Å². The average Bonchev–Trinajstić information content (AvgIpc) is 3.32. The summed E-state index contributed by atoms with van der Waals surface area (Å²) in [7, 11) is -3.78. The molecule has 1 unspecified atom stereocenters. The fourth-order valence-electron chi connectivity index (χ4n) is 4.46. The van der Waals surface area contributed by atoms with Crippen LogP contribution in [0.25, 0.3) is 11.2 Å². The van der Waals surface area contributed by atoms with Crippen LogP contribution in [-0.4, -0.2) is 55.0 Å². The van der Waals surface area contributed by atoms with Crippen LogP contribution >= 0.6 is 19.4 Å². The standard InChI is InChI=1S/C28H52N5O4PS/c1-3-4-5-6-7-8-9-10-11-13-16-19-39-20-17-14-12-15-18-37-38(34,35)24-36-25(2)21-33-23-32-26-27(29)30-22-31-28(26)33/h22-23,25H,3-21,24H2,1-2H3,(H,34,35)(H2,29,30,31)/t25-/m1/s1. The van der Waals surface area contributed by atoms with Crippen molar-refractivity contribution in [3.05, 3.63) is 12.7 Å². The third-order valence-electron chi connectivity index (χ3n) is 6.77. The van der Waals surface area contributed by atoms with Gasteiger partial charge in [0.15, 0.2) is 11.5 Å². The number of anilines is 1. The molecule has 0 saturated heterocycles. The number of unbranched alkanes of at least 4 members (excludes halogenated alkanes) is 13. The summed E-state index contributed by atoms with van der Waals surface area (Å²) in [5.41, 5.74) is 6.95. The molecule has 3 N–H and O–H groups in total. The first-order valence-electron chi connectivity index (χ1n) is 15.0. The molecule has 11 heteroatoms. The molecule has 0 bridgehead atoms. The van der Waals surface area contributed by atoms with Crippen molar-refractivity contribution in [2.75, 3.05) is 30.2 Å². The van der Waals surface area contributed by atoms with Gasteiger partial charge in [-0.3, -0.25) is 4.57 Å². The van der Waals surface area contributed by atoms with Gasteiger partial charge in [-0.25, -0.2) is 15.0 Å². The number of imidazole rings is 1. The largest absolute Gasteiger partial charge is 0.382 e. The fourth-order valence-corrected chi connectivity index (χ4v) is 6.41. The summed E-state index contributed by atoms with van der Waals surface area (Å²) in [5, 5.41) is 0. The zero-order valence-electron chi connectivity index (χ0n) is 24.3. The second-order valence-corrected chi connectivity index (χ2v) is 13.5. The number of aromatic nitrogens is 4. The summed E-state index contributed by atoms with van der Waals surface area (Å²) in [6.45, 7) is 4.80. The van der Waals surface area contributed by atoms with Gasteiger partial charge in [-0.2, -0.15) is 11.8 Å². The number of nitrogen functional groups attached to an aromatic ring is 1. The van der Waals surface area contributed by atoms with E-state index in [0.29, 0.717) is 23.5 Å². The molecular formula is C28H52N5O4PS. The first kappa shape index (κ1) is 34.0. The summed E-state index contributed by atoms with van der Waals surface area (Å²) < 4.78 is 24.9. The lowest BCUT2D eigenvalue weighted by atomic mass is 10.1. The highest BCUT2D eigenvalue weighted by Crippen LogP contribution is 2.42. The maximum atomic E-state index is 12.3. The van der Waals surface area contributed by atoms with E-state index >= 15 is 0 Å². The molecule has 2 heterocycles. The lowest BCUT2D eigenvalue weighted by molar-refractivity contribution is 0.0715. The molecule has 0 saturated carbocycles. The van der Waals surface area contributed by atoms with Gasteiger partial charge in [0.05, 0.1) is 25.6 Å². The molecule has 0 aliphatic carbocycles. The van der Waals surface area contributed by atoms with E-state index in [1.807, 2.05) is 6.92 Å². The van der Waals surface area contributed by atoms with Crippen LogP contribution < -0.4 is 5.73 Å². The molecule has 9 nitrogen and oxygen atoms in total. The van der Waals surface area contributed by atoms with Crippen molar-refractivity contribution < 1.29 is 18.7 Å².